The molecule has 5 heteroatoms. The van der Waals surface area contributed by atoms with E-state index < -0.39 is 0 Å². The molecule has 0 aliphatic heterocycles. The molecule has 1 heterocycles. The molecule has 0 fully saturated rings. The summed E-state index contributed by atoms with van der Waals surface area (Å²) in [6.07, 6.45) is 1.52. The first-order valence-corrected chi connectivity index (χ1v) is 6.45. The van der Waals surface area contributed by atoms with Gasteiger partial charge < -0.3 is 10.6 Å². The van der Waals surface area contributed by atoms with Crippen molar-refractivity contribution in [2.24, 2.45) is 0 Å². The lowest BCUT2D eigenvalue weighted by Crippen LogP contribution is -2.06. The largest absolute Gasteiger partial charge is 0.373 e. The normalized spacial score (nSPS) is 10.2. The van der Waals surface area contributed by atoms with Gasteiger partial charge in [0.1, 0.15) is 18.0 Å². The molecule has 1 aromatic heterocycles. The summed E-state index contributed by atoms with van der Waals surface area (Å²) in [7, 11) is 1.84. The summed E-state index contributed by atoms with van der Waals surface area (Å²) >= 11 is 0. The van der Waals surface area contributed by atoms with E-state index in [0.717, 1.165) is 22.9 Å². The average molecular weight is 267 g/mol. The van der Waals surface area contributed by atoms with E-state index in [4.69, 9.17) is 5.26 Å². The maximum atomic E-state index is 8.94. The number of anilines is 3. The number of nitrogens with one attached hydrogen (secondary N) is 2. The van der Waals surface area contributed by atoms with Gasteiger partial charge in [0.2, 0.25) is 0 Å². The lowest BCUT2D eigenvalue weighted by molar-refractivity contribution is 0.852. The molecular formula is C15H17N5. The predicted octanol–water partition coefficient (Wildman–Crippen LogP) is 3.26. The fourth-order valence-electron chi connectivity index (χ4n) is 2.04. The molecule has 2 aromatic rings. The van der Waals surface area contributed by atoms with Crippen molar-refractivity contribution in [3.63, 3.8) is 0 Å². The van der Waals surface area contributed by atoms with Crippen LogP contribution in [0, 0.1) is 11.3 Å². The molecule has 0 bridgehead atoms. The molecule has 1 aromatic carbocycles. The number of hydrogen-bond acceptors (Lipinski definition) is 5. The van der Waals surface area contributed by atoms with Gasteiger partial charge in [-0.3, -0.25) is 0 Å². The second kappa shape index (κ2) is 6.02. The Hall–Kier alpha value is -2.61. The SMILES string of the molecule is CNc1ncnc(Nc2cccc(C#N)c2)c1C(C)C. The van der Waals surface area contributed by atoms with E-state index in [2.05, 4.69) is 40.5 Å². The van der Waals surface area contributed by atoms with Gasteiger partial charge in [-0.15, -0.1) is 0 Å². The first kappa shape index (κ1) is 13.8. The minimum atomic E-state index is 0.278. The van der Waals surface area contributed by atoms with E-state index in [9.17, 15) is 0 Å². The fraction of sp³-hybridized carbons (Fsp3) is 0.267. The van der Waals surface area contributed by atoms with Gasteiger partial charge in [-0.1, -0.05) is 19.9 Å². The third-order valence-corrected chi connectivity index (χ3v) is 2.95. The van der Waals surface area contributed by atoms with E-state index in [-0.39, 0.29) is 5.92 Å². The van der Waals surface area contributed by atoms with E-state index in [1.165, 1.54) is 6.33 Å². The molecule has 0 aliphatic carbocycles. The van der Waals surface area contributed by atoms with Crippen LogP contribution in [-0.2, 0) is 0 Å². The molecule has 102 valence electrons. The summed E-state index contributed by atoms with van der Waals surface area (Å²) in [5.41, 5.74) is 2.48. The van der Waals surface area contributed by atoms with Crippen molar-refractivity contribution in [1.29, 1.82) is 5.26 Å². The number of hydrogen-bond donors (Lipinski definition) is 2. The summed E-state index contributed by atoms with van der Waals surface area (Å²) in [5, 5.41) is 15.3. The summed E-state index contributed by atoms with van der Waals surface area (Å²) in [5.74, 6) is 1.85. The summed E-state index contributed by atoms with van der Waals surface area (Å²) in [6.45, 7) is 4.19. The van der Waals surface area contributed by atoms with Crippen LogP contribution in [0.4, 0.5) is 17.3 Å². The topological polar surface area (TPSA) is 73.6 Å². The molecule has 5 nitrogen and oxygen atoms in total. The van der Waals surface area contributed by atoms with Gasteiger partial charge in [0.15, 0.2) is 0 Å². The average Bonchev–Trinajstić information content (AvgIpc) is 2.46. The lowest BCUT2D eigenvalue weighted by Gasteiger charge is -2.16. The molecule has 0 saturated carbocycles. The van der Waals surface area contributed by atoms with Crippen molar-refractivity contribution >= 4 is 17.3 Å². The third kappa shape index (κ3) is 2.86. The van der Waals surface area contributed by atoms with Crippen molar-refractivity contribution in [2.75, 3.05) is 17.7 Å². The summed E-state index contributed by atoms with van der Waals surface area (Å²) in [4.78, 5) is 8.55. The maximum Gasteiger partial charge on any atom is 0.139 e. The third-order valence-electron chi connectivity index (χ3n) is 2.95. The monoisotopic (exact) mass is 267 g/mol. The van der Waals surface area contributed by atoms with Crippen LogP contribution in [0.5, 0.6) is 0 Å². The first-order valence-electron chi connectivity index (χ1n) is 6.45. The Morgan fingerprint density at radius 2 is 1.95 bits per heavy atom. The number of nitrogens with zero attached hydrogens (tertiary/aromatic N) is 3. The van der Waals surface area contributed by atoms with Crippen LogP contribution in [0.25, 0.3) is 0 Å². The van der Waals surface area contributed by atoms with Crippen LogP contribution in [0.3, 0.4) is 0 Å². The van der Waals surface area contributed by atoms with Crippen LogP contribution in [0.2, 0.25) is 0 Å². The minimum Gasteiger partial charge on any atom is -0.373 e. The Labute approximate surface area is 118 Å². The van der Waals surface area contributed by atoms with Crippen molar-refractivity contribution in [3.05, 3.63) is 41.7 Å². The summed E-state index contributed by atoms with van der Waals surface area (Å²) in [6, 6.07) is 9.45. The molecule has 0 saturated heterocycles. The molecule has 0 amide bonds. The Morgan fingerprint density at radius 3 is 2.60 bits per heavy atom. The van der Waals surface area contributed by atoms with Crippen LogP contribution < -0.4 is 10.6 Å². The molecular weight excluding hydrogens is 250 g/mol. The smallest absolute Gasteiger partial charge is 0.139 e. The molecule has 0 aliphatic rings. The lowest BCUT2D eigenvalue weighted by atomic mass is 10.0. The van der Waals surface area contributed by atoms with Gasteiger partial charge in [-0.05, 0) is 24.1 Å². The van der Waals surface area contributed by atoms with Crippen molar-refractivity contribution in [1.82, 2.24) is 9.97 Å². The molecule has 2 rings (SSSR count). The van der Waals surface area contributed by atoms with Crippen molar-refractivity contribution < 1.29 is 0 Å². The van der Waals surface area contributed by atoms with Crippen molar-refractivity contribution in [3.8, 4) is 6.07 Å². The highest BCUT2D eigenvalue weighted by Gasteiger charge is 2.14. The van der Waals surface area contributed by atoms with Crippen LogP contribution in [-0.4, -0.2) is 17.0 Å². The molecule has 0 atom stereocenters. The Balaban J connectivity index is 2.40. The van der Waals surface area contributed by atoms with Gasteiger partial charge in [-0.25, -0.2) is 9.97 Å². The van der Waals surface area contributed by atoms with Gasteiger partial charge in [0.05, 0.1) is 11.6 Å². The molecule has 0 spiro atoms. The number of nitriles is 1. The number of benzene rings is 1. The molecule has 0 radical (unpaired) electrons. The number of aromatic nitrogens is 2. The second-order valence-corrected chi connectivity index (χ2v) is 4.71. The quantitative estimate of drug-likeness (QED) is 0.889. The standard InChI is InChI=1S/C15H17N5/c1-10(2)13-14(17-3)18-9-19-15(13)20-12-6-4-5-11(7-12)8-16/h4-7,9-10H,1-3H3,(H2,17,18,19,20). The minimum absolute atomic E-state index is 0.278. The Bertz CT molecular complexity index is 643. The highest BCUT2D eigenvalue weighted by atomic mass is 15.1. The van der Waals surface area contributed by atoms with Gasteiger partial charge in [0, 0.05) is 18.3 Å². The molecule has 20 heavy (non-hydrogen) atoms. The van der Waals surface area contributed by atoms with Crippen molar-refractivity contribution in [2.45, 2.75) is 19.8 Å². The molecule has 0 unspecified atom stereocenters. The summed E-state index contributed by atoms with van der Waals surface area (Å²) < 4.78 is 0. The van der Waals surface area contributed by atoms with E-state index in [1.54, 1.807) is 12.1 Å². The van der Waals surface area contributed by atoms with Gasteiger partial charge >= 0.3 is 0 Å². The zero-order chi connectivity index (χ0) is 14.5. The zero-order valence-electron chi connectivity index (χ0n) is 11.8. The second-order valence-electron chi connectivity index (χ2n) is 4.71. The van der Waals surface area contributed by atoms with Crippen LogP contribution in [0.15, 0.2) is 30.6 Å². The Morgan fingerprint density at radius 1 is 1.20 bits per heavy atom. The van der Waals surface area contributed by atoms with E-state index in [0.29, 0.717) is 5.56 Å². The fourth-order valence-corrected chi connectivity index (χ4v) is 2.04. The highest BCUT2D eigenvalue weighted by molar-refractivity contribution is 5.66. The Kier molecular flexibility index (Phi) is 4.16. The van der Waals surface area contributed by atoms with Gasteiger partial charge in [-0.2, -0.15) is 5.26 Å². The van der Waals surface area contributed by atoms with Crippen LogP contribution in [0.1, 0.15) is 30.9 Å². The predicted molar refractivity (Wildman–Crippen MR) is 80.1 cm³/mol. The molecule has 2 N–H and O–H groups in total. The van der Waals surface area contributed by atoms with Crippen LogP contribution >= 0.6 is 0 Å². The highest BCUT2D eigenvalue weighted by Crippen LogP contribution is 2.30. The maximum absolute atomic E-state index is 8.94. The zero-order valence-corrected chi connectivity index (χ0v) is 11.8. The van der Waals surface area contributed by atoms with E-state index >= 15 is 0 Å². The number of rotatable bonds is 4. The van der Waals surface area contributed by atoms with Gasteiger partial charge in [0.25, 0.3) is 0 Å². The first-order chi connectivity index (χ1) is 9.65. The van der Waals surface area contributed by atoms with E-state index in [1.807, 2.05) is 19.2 Å².